The molecule has 0 fully saturated rings. The van der Waals surface area contributed by atoms with Crippen LogP contribution in [0, 0.1) is 0 Å². The first-order chi connectivity index (χ1) is 12.3. The smallest absolute Gasteiger partial charge is 0.251 e. The molecule has 0 atom stereocenters. The molecule has 0 aliphatic heterocycles. The molecule has 27 heavy (non-hydrogen) atoms. The zero-order chi connectivity index (χ0) is 17.5. The molecule has 2 aromatic heterocycles. The number of fused-ring (bicyclic) bond motifs is 1. The summed E-state index contributed by atoms with van der Waals surface area (Å²) in [6.45, 7) is 1.88. The normalized spacial score (nSPS) is 9.96. The molecule has 1 aromatic carbocycles. The largest absolute Gasteiger partial charge is 0.487 e. The lowest BCUT2D eigenvalue weighted by atomic mass is 10.2. The minimum Gasteiger partial charge on any atom is -0.487 e. The van der Waals surface area contributed by atoms with Crippen molar-refractivity contribution in [3.8, 4) is 5.75 Å². The Morgan fingerprint density at radius 2 is 2.00 bits per heavy atom. The summed E-state index contributed by atoms with van der Waals surface area (Å²) in [5.74, 6) is 0.564. The first-order valence-electron chi connectivity index (χ1n) is 8.34. The maximum atomic E-state index is 12.1. The number of hydrogen-bond acceptors (Lipinski definition) is 4. The second-order valence-electron chi connectivity index (χ2n) is 5.73. The Labute approximate surface area is 171 Å². The molecule has 6 nitrogen and oxygen atoms in total. The highest BCUT2D eigenvalue weighted by molar-refractivity contribution is 5.94. The number of benzene rings is 1. The Balaban J connectivity index is 0.00000182. The number of imidazole rings is 1. The molecular weight excluding hydrogens is 387 g/mol. The fraction of sp³-hybridized carbons (Fsp3) is 0.263. The van der Waals surface area contributed by atoms with Crippen LogP contribution in [0.25, 0.3) is 5.65 Å². The molecule has 2 heterocycles. The number of amides is 1. The second-order valence-corrected chi connectivity index (χ2v) is 5.73. The third kappa shape index (κ3) is 6.43. The molecule has 0 spiro atoms. The maximum absolute atomic E-state index is 12.1. The third-order valence-electron chi connectivity index (χ3n) is 3.79. The molecule has 0 unspecified atom stereocenters. The molecule has 0 aliphatic carbocycles. The minimum atomic E-state index is -0.0886. The molecule has 1 amide bonds. The Morgan fingerprint density at radius 1 is 1.15 bits per heavy atom. The highest BCUT2D eigenvalue weighted by atomic mass is 35.5. The average Bonchev–Trinajstić information content (AvgIpc) is 3.06. The van der Waals surface area contributed by atoms with Crippen molar-refractivity contribution in [1.29, 1.82) is 0 Å². The molecule has 3 aromatic rings. The Bertz CT molecular complexity index is 821. The summed E-state index contributed by atoms with van der Waals surface area (Å²) < 4.78 is 7.74. The van der Waals surface area contributed by atoms with Crippen LogP contribution in [0.15, 0.2) is 54.9 Å². The van der Waals surface area contributed by atoms with Crippen molar-refractivity contribution >= 4 is 36.4 Å². The zero-order valence-corrected chi connectivity index (χ0v) is 16.7. The van der Waals surface area contributed by atoms with E-state index in [0.29, 0.717) is 24.5 Å². The van der Waals surface area contributed by atoms with Gasteiger partial charge in [0.2, 0.25) is 0 Å². The zero-order valence-electron chi connectivity index (χ0n) is 15.1. The summed E-state index contributed by atoms with van der Waals surface area (Å²) in [6.07, 6.45) is 4.78. The van der Waals surface area contributed by atoms with E-state index in [4.69, 9.17) is 4.74 Å². The second kappa shape index (κ2) is 11.4. The number of halogens is 2. The van der Waals surface area contributed by atoms with Crippen molar-refractivity contribution in [2.24, 2.45) is 0 Å². The van der Waals surface area contributed by atoms with E-state index in [-0.39, 0.29) is 30.7 Å². The standard InChI is InChI=1S/C19H22N4O2.2ClH/c1-20-9-5-10-21-19(24)15-6-4-7-17(12-15)25-14-16-13-23-11-3-2-8-18(23)22-16;;/h2-4,6-8,11-13,20H,5,9-10,14H2,1H3,(H,21,24);2*1H. The van der Waals surface area contributed by atoms with Gasteiger partial charge >= 0.3 is 0 Å². The van der Waals surface area contributed by atoms with Gasteiger partial charge in [0.05, 0.1) is 5.69 Å². The van der Waals surface area contributed by atoms with Gasteiger partial charge in [-0.25, -0.2) is 4.98 Å². The van der Waals surface area contributed by atoms with Gasteiger partial charge in [0.25, 0.3) is 5.91 Å². The highest BCUT2D eigenvalue weighted by Crippen LogP contribution is 2.15. The molecule has 8 heteroatoms. The van der Waals surface area contributed by atoms with Crippen molar-refractivity contribution in [2.75, 3.05) is 20.1 Å². The summed E-state index contributed by atoms with van der Waals surface area (Å²) in [6, 6.07) is 13.1. The van der Waals surface area contributed by atoms with E-state index in [1.165, 1.54) is 0 Å². The lowest BCUT2D eigenvalue weighted by Gasteiger charge is -2.08. The number of hydrogen-bond donors (Lipinski definition) is 2. The Hall–Kier alpha value is -2.28. The van der Waals surface area contributed by atoms with Crippen LogP contribution < -0.4 is 15.4 Å². The van der Waals surface area contributed by atoms with Crippen LogP contribution in [-0.2, 0) is 6.61 Å². The van der Waals surface area contributed by atoms with E-state index in [0.717, 1.165) is 24.3 Å². The van der Waals surface area contributed by atoms with Crippen molar-refractivity contribution < 1.29 is 9.53 Å². The lowest BCUT2D eigenvalue weighted by molar-refractivity contribution is 0.0953. The van der Waals surface area contributed by atoms with E-state index in [1.54, 1.807) is 12.1 Å². The quantitative estimate of drug-likeness (QED) is 0.559. The summed E-state index contributed by atoms with van der Waals surface area (Å²) in [5, 5.41) is 5.96. The molecule has 146 valence electrons. The fourth-order valence-electron chi connectivity index (χ4n) is 2.51. The molecule has 2 N–H and O–H groups in total. The number of rotatable bonds is 8. The van der Waals surface area contributed by atoms with Crippen LogP contribution in [-0.4, -0.2) is 35.4 Å². The fourth-order valence-corrected chi connectivity index (χ4v) is 2.51. The van der Waals surface area contributed by atoms with E-state index >= 15 is 0 Å². The number of ether oxygens (including phenoxy) is 1. The van der Waals surface area contributed by atoms with Gasteiger partial charge in [-0.2, -0.15) is 0 Å². The molecule has 0 bridgehead atoms. The summed E-state index contributed by atoms with van der Waals surface area (Å²) in [7, 11) is 1.89. The van der Waals surface area contributed by atoms with Crippen molar-refractivity contribution in [1.82, 2.24) is 20.0 Å². The first kappa shape index (κ1) is 22.8. The number of nitrogens with one attached hydrogen (secondary N) is 2. The Morgan fingerprint density at radius 3 is 2.78 bits per heavy atom. The van der Waals surface area contributed by atoms with Crippen LogP contribution in [0.2, 0.25) is 0 Å². The summed E-state index contributed by atoms with van der Waals surface area (Å²) in [4.78, 5) is 16.6. The topological polar surface area (TPSA) is 67.7 Å². The van der Waals surface area contributed by atoms with Crippen LogP contribution in [0.5, 0.6) is 5.75 Å². The molecule has 0 saturated heterocycles. The van der Waals surface area contributed by atoms with Gasteiger partial charge in [0.1, 0.15) is 18.0 Å². The van der Waals surface area contributed by atoms with Crippen molar-refractivity contribution in [3.05, 3.63) is 66.1 Å². The van der Waals surface area contributed by atoms with Gasteiger partial charge in [0.15, 0.2) is 0 Å². The predicted octanol–water partition coefficient (Wildman–Crippen LogP) is 3.10. The molecule has 3 rings (SSSR count). The minimum absolute atomic E-state index is 0. The van der Waals surface area contributed by atoms with E-state index in [9.17, 15) is 4.79 Å². The highest BCUT2D eigenvalue weighted by Gasteiger charge is 2.07. The summed E-state index contributed by atoms with van der Waals surface area (Å²) >= 11 is 0. The number of pyridine rings is 1. The number of carbonyl (C=O) groups is 1. The van der Waals surface area contributed by atoms with Gasteiger partial charge in [-0.15, -0.1) is 24.8 Å². The Kier molecular flexibility index (Phi) is 9.64. The van der Waals surface area contributed by atoms with Crippen molar-refractivity contribution in [2.45, 2.75) is 13.0 Å². The van der Waals surface area contributed by atoms with E-state index in [2.05, 4.69) is 15.6 Å². The molecular formula is C19H24Cl2N4O2. The number of nitrogens with zero attached hydrogens (tertiary/aromatic N) is 2. The van der Waals surface area contributed by atoms with Gasteiger partial charge in [-0.3, -0.25) is 4.79 Å². The monoisotopic (exact) mass is 410 g/mol. The SMILES string of the molecule is CNCCCNC(=O)c1cccc(OCc2cn3ccccc3n2)c1.Cl.Cl. The van der Waals surface area contributed by atoms with Crippen molar-refractivity contribution in [3.63, 3.8) is 0 Å². The molecule has 0 radical (unpaired) electrons. The van der Waals surface area contributed by atoms with Gasteiger partial charge in [-0.05, 0) is 50.3 Å². The molecule has 0 aliphatic rings. The third-order valence-corrected chi connectivity index (χ3v) is 3.79. The average molecular weight is 411 g/mol. The van der Waals surface area contributed by atoms with Gasteiger partial charge < -0.3 is 19.8 Å². The van der Waals surface area contributed by atoms with Crippen LogP contribution in [0.1, 0.15) is 22.5 Å². The van der Waals surface area contributed by atoms with Crippen LogP contribution in [0.3, 0.4) is 0 Å². The number of carbonyl (C=O) groups excluding carboxylic acids is 1. The number of aromatic nitrogens is 2. The maximum Gasteiger partial charge on any atom is 0.251 e. The van der Waals surface area contributed by atoms with Gasteiger partial charge in [-0.1, -0.05) is 12.1 Å². The van der Waals surface area contributed by atoms with E-state index < -0.39 is 0 Å². The van der Waals surface area contributed by atoms with Crippen LogP contribution >= 0.6 is 24.8 Å². The molecule has 0 saturated carbocycles. The first-order valence-corrected chi connectivity index (χ1v) is 8.34. The van der Waals surface area contributed by atoms with Gasteiger partial charge in [0, 0.05) is 24.5 Å². The lowest BCUT2D eigenvalue weighted by Crippen LogP contribution is -2.26. The van der Waals surface area contributed by atoms with E-state index in [1.807, 2.05) is 54.2 Å². The van der Waals surface area contributed by atoms with Crippen LogP contribution in [0.4, 0.5) is 0 Å². The predicted molar refractivity (Wildman–Crippen MR) is 111 cm³/mol. The summed E-state index contributed by atoms with van der Waals surface area (Å²) in [5.41, 5.74) is 2.32.